The SMILES string of the molecule is COc1cc(OC)nc([C@@H]2CCCC[C@H]2C(=O)NCc2ccccc2OC)n1. The molecule has 7 heteroatoms. The van der Waals surface area contributed by atoms with Crippen LogP contribution in [-0.2, 0) is 11.3 Å². The maximum absolute atomic E-state index is 13.0. The number of ether oxygens (including phenoxy) is 3. The van der Waals surface area contributed by atoms with E-state index >= 15 is 0 Å². The number of rotatable bonds is 7. The molecule has 1 aliphatic carbocycles. The summed E-state index contributed by atoms with van der Waals surface area (Å²) < 4.78 is 15.9. The molecule has 1 heterocycles. The number of methoxy groups -OCH3 is 3. The van der Waals surface area contributed by atoms with Gasteiger partial charge in [-0.25, -0.2) is 0 Å². The Bertz CT molecular complexity index is 790. The number of nitrogens with zero attached hydrogens (tertiary/aromatic N) is 2. The van der Waals surface area contributed by atoms with E-state index in [1.54, 1.807) is 27.4 Å². The van der Waals surface area contributed by atoms with Crippen molar-refractivity contribution >= 4 is 5.91 Å². The minimum Gasteiger partial charge on any atom is -0.496 e. The zero-order valence-electron chi connectivity index (χ0n) is 16.6. The topological polar surface area (TPSA) is 82.6 Å². The highest BCUT2D eigenvalue weighted by Gasteiger charge is 2.34. The summed E-state index contributed by atoms with van der Waals surface area (Å²) in [4.78, 5) is 22.0. The molecule has 0 aliphatic heterocycles. The van der Waals surface area contributed by atoms with E-state index in [2.05, 4.69) is 15.3 Å². The van der Waals surface area contributed by atoms with E-state index in [0.717, 1.165) is 37.0 Å². The van der Waals surface area contributed by atoms with Gasteiger partial charge in [0.25, 0.3) is 0 Å². The molecule has 150 valence electrons. The van der Waals surface area contributed by atoms with Crippen LogP contribution in [0, 0.1) is 5.92 Å². The van der Waals surface area contributed by atoms with E-state index < -0.39 is 0 Å². The van der Waals surface area contributed by atoms with Gasteiger partial charge in [-0.3, -0.25) is 4.79 Å². The summed E-state index contributed by atoms with van der Waals surface area (Å²) in [6, 6.07) is 9.33. The van der Waals surface area contributed by atoms with E-state index in [0.29, 0.717) is 24.1 Å². The van der Waals surface area contributed by atoms with Crippen molar-refractivity contribution in [3.8, 4) is 17.5 Å². The molecule has 1 saturated carbocycles. The number of para-hydroxylation sites is 1. The number of carbonyl (C=O) groups excluding carboxylic acids is 1. The second-order valence-corrected chi connectivity index (χ2v) is 6.84. The number of hydrogen-bond acceptors (Lipinski definition) is 6. The predicted molar refractivity (Wildman–Crippen MR) is 105 cm³/mol. The maximum Gasteiger partial charge on any atom is 0.224 e. The van der Waals surface area contributed by atoms with Crippen LogP contribution in [0.1, 0.15) is 43.0 Å². The first-order valence-corrected chi connectivity index (χ1v) is 9.52. The first-order chi connectivity index (χ1) is 13.7. The average Bonchev–Trinajstić information content (AvgIpc) is 2.77. The van der Waals surface area contributed by atoms with Crippen molar-refractivity contribution in [2.75, 3.05) is 21.3 Å². The second-order valence-electron chi connectivity index (χ2n) is 6.84. The number of amides is 1. The van der Waals surface area contributed by atoms with Gasteiger partial charge in [-0.1, -0.05) is 31.0 Å². The summed E-state index contributed by atoms with van der Waals surface area (Å²) in [5, 5.41) is 3.06. The summed E-state index contributed by atoms with van der Waals surface area (Å²) in [5.74, 6) is 2.04. The van der Waals surface area contributed by atoms with Gasteiger partial charge >= 0.3 is 0 Å². The molecule has 7 nitrogen and oxygen atoms in total. The van der Waals surface area contributed by atoms with Gasteiger partial charge in [0.1, 0.15) is 11.6 Å². The summed E-state index contributed by atoms with van der Waals surface area (Å²) in [6.07, 6.45) is 3.74. The van der Waals surface area contributed by atoms with Crippen molar-refractivity contribution in [2.24, 2.45) is 5.92 Å². The average molecular weight is 385 g/mol. The van der Waals surface area contributed by atoms with Crippen LogP contribution in [0.3, 0.4) is 0 Å². The maximum atomic E-state index is 13.0. The molecule has 1 aromatic carbocycles. The molecule has 0 saturated heterocycles. The molecule has 0 bridgehead atoms. The van der Waals surface area contributed by atoms with Gasteiger partial charge in [-0.05, 0) is 18.9 Å². The number of aromatic nitrogens is 2. The molecule has 1 amide bonds. The van der Waals surface area contributed by atoms with Gasteiger partial charge in [-0.2, -0.15) is 9.97 Å². The molecule has 0 unspecified atom stereocenters. The molecule has 0 radical (unpaired) electrons. The molecule has 2 aromatic rings. The molecular formula is C21H27N3O4. The summed E-state index contributed by atoms with van der Waals surface area (Å²) in [5.41, 5.74) is 0.949. The Morgan fingerprint density at radius 2 is 1.71 bits per heavy atom. The Hall–Kier alpha value is -2.83. The van der Waals surface area contributed by atoms with Crippen molar-refractivity contribution in [3.63, 3.8) is 0 Å². The van der Waals surface area contributed by atoms with Gasteiger partial charge in [-0.15, -0.1) is 0 Å². The normalized spacial score (nSPS) is 19.0. The molecule has 1 aromatic heterocycles. The lowest BCUT2D eigenvalue weighted by atomic mass is 9.78. The number of nitrogens with one attached hydrogen (secondary N) is 1. The Morgan fingerprint density at radius 1 is 1.04 bits per heavy atom. The van der Waals surface area contributed by atoms with Crippen molar-refractivity contribution < 1.29 is 19.0 Å². The highest BCUT2D eigenvalue weighted by molar-refractivity contribution is 5.79. The number of hydrogen-bond donors (Lipinski definition) is 1. The van der Waals surface area contributed by atoms with Crippen molar-refractivity contribution in [1.82, 2.24) is 15.3 Å². The third-order valence-corrected chi connectivity index (χ3v) is 5.19. The lowest BCUT2D eigenvalue weighted by molar-refractivity contribution is -0.126. The first-order valence-electron chi connectivity index (χ1n) is 9.52. The van der Waals surface area contributed by atoms with E-state index in [1.165, 1.54) is 0 Å². The standard InChI is InChI=1S/C21H27N3O4/c1-26-17-11-7-4-8-14(17)13-22-21(25)16-10-6-5-9-15(16)20-23-18(27-2)12-19(24-20)28-3/h4,7-8,11-12,15-16H,5-6,9-10,13H2,1-3H3,(H,22,25)/t15-,16-/m1/s1. The fraction of sp³-hybridized carbons (Fsp3) is 0.476. The van der Waals surface area contributed by atoms with Crippen molar-refractivity contribution in [1.29, 1.82) is 0 Å². The van der Waals surface area contributed by atoms with Crippen molar-refractivity contribution in [2.45, 2.75) is 38.1 Å². The third kappa shape index (κ3) is 4.52. The Kier molecular flexibility index (Phi) is 6.68. The van der Waals surface area contributed by atoms with Crippen LogP contribution in [0.2, 0.25) is 0 Å². The van der Waals surface area contributed by atoms with Crippen molar-refractivity contribution in [3.05, 3.63) is 41.7 Å². The van der Waals surface area contributed by atoms with Crippen LogP contribution >= 0.6 is 0 Å². The van der Waals surface area contributed by atoms with Crippen LogP contribution in [-0.4, -0.2) is 37.2 Å². The molecule has 1 N–H and O–H groups in total. The van der Waals surface area contributed by atoms with Crippen LogP contribution in [0.25, 0.3) is 0 Å². The quantitative estimate of drug-likeness (QED) is 0.789. The minimum atomic E-state index is -0.180. The predicted octanol–water partition coefficient (Wildman–Crippen LogP) is 3.09. The molecule has 28 heavy (non-hydrogen) atoms. The fourth-order valence-electron chi connectivity index (χ4n) is 3.71. The van der Waals surface area contributed by atoms with E-state index in [4.69, 9.17) is 14.2 Å². The fourth-order valence-corrected chi connectivity index (χ4v) is 3.71. The largest absolute Gasteiger partial charge is 0.496 e. The summed E-state index contributed by atoms with van der Waals surface area (Å²) >= 11 is 0. The first kappa shape index (κ1) is 19.9. The highest BCUT2D eigenvalue weighted by Crippen LogP contribution is 2.37. The van der Waals surface area contributed by atoms with Crippen LogP contribution in [0.15, 0.2) is 30.3 Å². The molecule has 0 spiro atoms. The summed E-state index contributed by atoms with van der Waals surface area (Å²) in [6.45, 7) is 0.425. The molecule has 1 fully saturated rings. The molecule has 3 rings (SSSR count). The summed E-state index contributed by atoms with van der Waals surface area (Å²) in [7, 11) is 4.75. The Morgan fingerprint density at radius 3 is 2.39 bits per heavy atom. The van der Waals surface area contributed by atoms with Gasteiger partial charge in [0, 0.05) is 23.9 Å². The van der Waals surface area contributed by atoms with Crippen LogP contribution < -0.4 is 19.5 Å². The monoisotopic (exact) mass is 385 g/mol. The smallest absolute Gasteiger partial charge is 0.224 e. The molecular weight excluding hydrogens is 358 g/mol. The Labute approximate surface area is 165 Å². The second kappa shape index (κ2) is 9.39. The van der Waals surface area contributed by atoms with E-state index in [-0.39, 0.29) is 17.7 Å². The van der Waals surface area contributed by atoms with Gasteiger partial charge < -0.3 is 19.5 Å². The van der Waals surface area contributed by atoms with Gasteiger partial charge in [0.15, 0.2) is 0 Å². The van der Waals surface area contributed by atoms with E-state index in [9.17, 15) is 4.79 Å². The molecule has 2 atom stereocenters. The zero-order valence-corrected chi connectivity index (χ0v) is 16.6. The highest BCUT2D eigenvalue weighted by atomic mass is 16.5. The number of benzene rings is 1. The van der Waals surface area contributed by atoms with Gasteiger partial charge in [0.05, 0.1) is 27.4 Å². The van der Waals surface area contributed by atoms with Crippen LogP contribution in [0.5, 0.6) is 17.5 Å². The number of carbonyl (C=O) groups is 1. The minimum absolute atomic E-state index is 0.0148. The lowest BCUT2D eigenvalue weighted by Gasteiger charge is -2.29. The molecule has 1 aliphatic rings. The van der Waals surface area contributed by atoms with Crippen LogP contribution in [0.4, 0.5) is 0 Å². The lowest BCUT2D eigenvalue weighted by Crippen LogP contribution is -2.36. The Balaban J connectivity index is 1.76. The van der Waals surface area contributed by atoms with E-state index in [1.807, 2.05) is 24.3 Å². The zero-order chi connectivity index (χ0) is 19.9. The van der Waals surface area contributed by atoms with Gasteiger partial charge in [0.2, 0.25) is 17.7 Å². The third-order valence-electron chi connectivity index (χ3n) is 5.19.